The highest BCUT2D eigenvalue weighted by molar-refractivity contribution is 14.1. The molecule has 0 amide bonds. The predicted octanol–water partition coefficient (Wildman–Crippen LogP) is 1.08. The van der Waals surface area contributed by atoms with E-state index < -0.39 is 0 Å². The summed E-state index contributed by atoms with van der Waals surface area (Å²) in [6.07, 6.45) is 7.25. The maximum atomic E-state index is 5.97. The highest BCUT2D eigenvalue weighted by Crippen LogP contribution is 2.22. The molecule has 19 heavy (non-hydrogen) atoms. The van der Waals surface area contributed by atoms with Gasteiger partial charge in [0.25, 0.3) is 0 Å². The second kappa shape index (κ2) is 5.88. The van der Waals surface area contributed by atoms with Gasteiger partial charge in [-0.25, -0.2) is 9.97 Å². The predicted molar refractivity (Wildman–Crippen MR) is 84.1 cm³/mol. The molecule has 2 saturated heterocycles. The van der Waals surface area contributed by atoms with Crippen molar-refractivity contribution in [2.75, 3.05) is 31.1 Å². The largest absolute Gasteiger partial charge is 0.339 e. The zero-order chi connectivity index (χ0) is 13.2. The molecular weight excluding hydrogens is 353 g/mol. The third-order valence-corrected chi connectivity index (χ3v) is 4.70. The summed E-state index contributed by atoms with van der Waals surface area (Å²) in [6, 6.07) is 1.06. The van der Waals surface area contributed by atoms with E-state index in [0.29, 0.717) is 12.1 Å². The molecule has 104 valence electrons. The Balaban J connectivity index is 1.59. The van der Waals surface area contributed by atoms with Gasteiger partial charge in [-0.1, -0.05) is 0 Å². The van der Waals surface area contributed by atoms with Crippen molar-refractivity contribution in [2.24, 2.45) is 5.73 Å². The SMILES string of the molecule is NC1CCN(C2CCN(c3ncc(I)cn3)C2)CC1. The summed E-state index contributed by atoms with van der Waals surface area (Å²) in [5, 5.41) is 0. The van der Waals surface area contributed by atoms with Crippen LogP contribution < -0.4 is 10.6 Å². The zero-order valence-corrected chi connectivity index (χ0v) is 13.2. The summed E-state index contributed by atoms with van der Waals surface area (Å²) in [5.41, 5.74) is 5.97. The second-order valence-corrected chi connectivity index (χ2v) is 6.71. The van der Waals surface area contributed by atoms with Crippen LogP contribution in [0.25, 0.3) is 0 Å². The zero-order valence-electron chi connectivity index (χ0n) is 11.0. The van der Waals surface area contributed by atoms with Crippen molar-refractivity contribution < 1.29 is 0 Å². The molecule has 1 unspecified atom stereocenters. The van der Waals surface area contributed by atoms with Gasteiger partial charge in [0.15, 0.2) is 0 Å². The Bertz CT molecular complexity index is 416. The highest BCUT2D eigenvalue weighted by Gasteiger charge is 2.30. The van der Waals surface area contributed by atoms with Crippen LogP contribution in [0.4, 0.5) is 5.95 Å². The van der Waals surface area contributed by atoms with Crippen LogP contribution in [0.2, 0.25) is 0 Å². The topological polar surface area (TPSA) is 58.3 Å². The van der Waals surface area contributed by atoms with Gasteiger partial charge in [0.05, 0.1) is 0 Å². The summed E-state index contributed by atoms with van der Waals surface area (Å²) < 4.78 is 1.09. The minimum Gasteiger partial charge on any atom is -0.339 e. The first-order valence-electron chi connectivity index (χ1n) is 6.94. The standard InChI is InChI=1S/C13H20IN5/c14-10-7-16-13(17-8-10)19-6-3-12(9-19)18-4-1-11(15)2-5-18/h7-8,11-12H,1-6,9,15H2. The van der Waals surface area contributed by atoms with Crippen LogP contribution in [-0.2, 0) is 0 Å². The van der Waals surface area contributed by atoms with Gasteiger partial charge in [-0.3, -0.25) is 4.90 Å². The number of nitrogens with zero attached hydrogens (tertiary/aromatic N) is 4. The summed E-state index contributed by atoms with van der Waals surface area (Å²) in [6.45, 7) is 4.41. The Labute approximate surface area is 127 Å². The van der Waals surface area contributed by atoms with Crippen LogP contribution >= 0.6 is 22.6 Å². The molecule has 3 heterocycles. The van der Waals surface area contributed by atoms with Crippen molar-refractivity contribution in [3.05, 3.63) is 16.0 Å². The van der Waals surface area contributed by atoms with E-state index in [9.17, 15) is 0 Å². The van der Waals surface area contributed by atoms with Crippen molar-refractivity contribution in [1.82, 2.24) is 14.9 Å². The molecule has 2 fully saturated rings. The molecule has 5 nitrogen and oxygen atoms in total. The Morgan fingerprint density at radius 1 is 1.11 bits per heavy atom. The van der Waals surface area contributed by atoms with Gasteiger partial charge in [-0.15, -0.1) is 0 Å². The number of hydrogen-bond acceptors (Lipinski definition) is 5. The van der Waals surface area contributed by atoms with E-state index in [1.807, 2.05) is 12.4 Å². The Kier molecular flexibility index (Phi) is 4.18. The average Bonchev–Trinajstić information content (AvgIpc) is 2.90. The molecule has 0 spiro atoms. The van der Waals surface area contributed by atoms with Crippen molar-refractivity contribution in [1.29, 1.82) is 0 Å². The summed E-state index contributed by atoms with van der Waals surface area (Å²) in [5.74, 6) is 0.872. The van der Waals surface area contributed by atoms with Gasteiger partial charge in [0, 0.05) is 41.1 Å². The number of aromatic nitrogens is 2. The van der Waals surface area contributed by atoms with Crippen LogP contribution in [-0.4, -0.2) is 53.1 Å². The van der Waals surface area contributed by atoms with Crippen LogP contribution in [0.1, 0.15) is 19.3 Å². The van der Waals surface area contributed by atoms with Crippen molar-refractivity contribution in [3.63, 3.8) is 0 Å². The molecule has 0 aliphatic carbocycles. The molecule has 1 aromatic heterocycles. The number of hydrogen-bond donors (Lipinski definition) is 1. The van der Waals surface area contributed by atoms with E-state index in [-0.39, 0.29) is 0 Å². The summed E-state index contributed by atoms with van der Waals surface area (Å²) >= 11 is 2.24. The number of rotatable bonds is 2. The molecule has 2 aliphatic rings. The molecule has 2 aliphatic heterocycles. The maximum absolute atomic E-state index is 5.97. The minimum absolute atomic E-state index is 0.410. The molecule has 0 aromatic carbocycles. The quantitative estimate of drug-likeness (QED) is 0.787. The van der Waals surface area contributed by atoms with Gasteiger partial charge in [0.2, 0.25) is 5.95 Å². The third-order valence-electron chi connectivity index (χ3n) is 4.14. The van der Waals surface area contributed by atoms with Gasteiger partial charge in [0.1, 0.15) is 0 Å². The van der Waals surface area contributed by atoms with Gasteiger partial charge in [-0.05, 0) is 54.9 Å². The minimum atomic E-state index is 0.410. The fourth-order valence-corrected chi connectivity index (χ4v) is 3.25. The smallest absolute Gasteiger partial charge is 0.225 e. The lowest BCUT2D eigenvalue weighted by Gasteiger charge is -2.34. The number of likely N-dealkylation sites (tertiary alicyclic amines) is 1. The van der Waals surface area contributed by atoms with E-state index in [2.05, 4.69) is 42.4 Å². The lowest BCUT2D eigenvalue weighted by atomic mass is 10.0. The molecule has 6 heteroatoms. The number of piperidine rings is 1. The van der Waals surface area contributed by atoms with Crippen molar-refractivity contribution in [2.45, 2.75) is 31.3 Å². The number of halogens is 1. The summed E-state index contributed by atoms with van der Waals surface area (Å²) in [4.78, 5) is 13.7. The average molecular weight is 373 g/mol. The Hall–Kier alpha value is -0.470. The van der Waals surface area contributed by atoms with Crippen LogP contribution in [0.5, 0.6) is 0 Å². The summed E-state index contributed by atoms with van der Waals surface area (Å²) in [7, 11) is 0. The molecule has 0 bridgehead atoms. The molecule has 2 N–H and O–H groups in total. The fraction of sp³-hybridized carbons (Fsp3) is 0.692. The number of nitrogens with two attached hydrogens (primary N) is 1. The first kappa shape index (κ1) is 13.5. The first-order valence-corrected chi connectivity index (χ1v) is 8.02. The first-order chi connectivity index (χ1) is 9.22. The fourth-order valence-electron chi connectivity index (χ4n) is 2.97. The van der Waals surface area contributed by atoms with E-state index in [0.717, 1.165) is 48.5 Å². The van der Waals surface area contributed by atoms with Gasteiger partial charge < -0.3 is 10.6 Å². The van der Waals surface area contributed by atoms with E-state index in [1.165, 1.54) is 6.42 Å². The lowest BCUT2D eigenvalue weighted by Crippen LogP contribution is -2.46. The molecule has 0 radical (unpaired) electrons. The Morgan fingerprint density at radius 3 is 2.47 bits per heavy atom. The normalized spacial score (nSPS) is 26.0. The molecule has 1 atom stereocenters. The van der Waals surface area contributed by atoms with Crippen LogP contribution in [0, 0.1) is 3.57 Å². The van der Waals surface area contributed by atoms with Gasteiger partial charge in [-0.2, -0.15) is 0 Å². The second-order valence-electron chi connectivity index (χ2n) is 5.46. The maximum Gasteiger partial charge on any atom is 0.225 e. The monoisotopic (exact) mass is 373 g/mol. The number of anilines is 1. The van der Waals surface area contributed by atoms with Crippen molar-refractivity contribution in [3.8, 4) is 0 Å². The lowest BCUT2D eigenvalue weighted by molar-refractivity contribution is 0.163. The Morgan fingerprint density at radius 2 is 1.79 bits per heavy atom. The third kappa shape index (κ3) is 3.17. The highest BCUT2D eigenvalue weighted by atomic mass is 127. The van der Waals surface area contributed by atoms with Crippen LogP contribution in [0.3, 0.4) is 0 Å². The molecule has 0 saturated carbocycles. The van der Waals surface area contributed by atoms with E-state index >= 15 is 0 Å². The molecule has 3 rings (SSSR count). The van der Waals surface area contributed by atoms with Crippen LogP contribution in [0.15, 0.2) is 12.4 Å². The molecular formula is C13H20IN5. The van der Waals surface area contributed by atoms with Crippen molar-refractivity contribution >= 4 is 28.5 Å². The van der Waals surface area contributed by atoms with E-state index in [4.69, 9.17) is 5.73 Å². The molecule has 1 aromatic rings. The van der Waals surface area contributed by atoms with E-state index in [1.54, 1.807) is 0 Å². The van der Waals surface area contributed by atoms with Gasteiger partial charge >= 0.3 is 0 Å².